The molecule has 90 valence electrons. The Morgan fingerprint density at radius 2 is 2.25 bits per heavy atom. The minimum absolute atomic E-state index is 0.194. The lowest BCUT2D eigenvalue weighted by molar-refractivity contribution is -0.0232. The second kappa shape index (κ2) is 4.30. The van der Waals surface area contributed by atoms with Gasteiger partial charge in [0.05, 0.1) is 12.1 Å². The Bertz CT molecular complexity index is 417. The van der Waals surface area contributed by atoms with Crippen molar-refractivity contribution in [2.45, 2.75) is 51.7 Å². The van der Waals surface area contributed by atoms with Gasteiger partial charge in [0, 0.05) is 12.5 Å². The standard InChI is InChI=1S/C11H19N3OS/c1-4-15-11(2,3)7-14-9(8-5-6-8)12-13-10(14)16/h8H,4-7H2,1-3H3,(H,13,16). The van der Waals surface area contributed by atoms with Gasteiger partial charge in [-0.2, -0.15) is 5.10 Å². The lowest BCUT2D eigenvalue weighted by atomic mass is 10.1. The Morgan fingerprint density at radius 3 is 2.81 bits per heavy atom. The van der Waals surface area contributed by atoms with Gasteiger partial charge in [-0.25, -0.2) is 0 Å². The van der Waals surface area contributed by atoms with Crippen LogP contribution in [0.5, 0.6) is 0 Å². The molecule has 0 radical (unpaired) electrons. The zero-order valence-corrected chi connectivity index (χ0v) is 10.9. The van der Waals surface area contributed by atoms with Crippen LogP contribution in [-0.2, 0) is 11.3 Å². The molecule has 16 heavy (non-hydrogen) atoms. The van der Waals surface area contributed by atoms with Crippen LogP contribution < -0.4 is 0 Å². The predicted molar refractivity (Wildman–Crippen MR) is 65.1 cm³/mol. The van der Waals surface area contributed by atoms with Gasteiger partial charge in [0.25, 0.3) is 0 Å². The van der Waals surface area contributed by atoms with Crippen molar-refractivity contribution >= 4 is 12.2 Å². The Hall–Kier alpha value is -0.680. The minimum Gasteiger partial charge on any atom is -0.374 e. The lowest BCUT2D eigenvalue weighted by Crippen LogP contribution is -2.31. The number of hydrogen-bond acceptors (Lipinski definition) is 3. The molecule has 0 bridgehead atoms. The van der Waals surface area contributed by atoms with E-state index in [0.717, 1.165) is 19.0 Å². The summed E-state index contributed by atoms with van der Waals surface area (Å²) in [7, 11) is 0. The molecule has 1 fully saturated rings. The van der Waals surface area contributed by atoms with Crippen LogP contribution in [0.25, 0.3) is 0 Å². The fourth-order valence-electron chi connectivity index (χ4n) is 1.95. The van der Waals surface area contributed by atoms with Crippen LogP contribution in [0.4, 0.5) is 0 Å². The van der Waals surface area contributed by atoms with Crippen LogP contribution in [0, 0.1) is 4.77 Å². The van der Waals surface area contributed by atoms with Gasteiger partial charge in [0.1, 0.15) is 5.82 Å². The normalized spacial score (nSPS) is 16.7. The number of ether oxygens (including phenoxy) is 1. The summed E-state index contributed by atoms with van der Waals surface area (Å²) < 4.78 is 8.49. The molecule has 5 heteroatoms. The van der Waals surface area contributed by atoms with E-state index in [-0.39, 0.29) is 5.60 Å². The van der Waals surface area contributed by atoms with Crippen LogP contribution in [0.2, 0.25) is 0 Å². The third-order valence-electron chi connectivity index (χ3n) is 2.80. The maximum absolute atomic E-state index is 5.70. The van der Waals surface area contributed by atoms with Crippen molar-refractivity contribution in [2.75, 3.05) is 6.61 Å². The Morgan fingerprint density at radius 1 is 1.56 bits per heavy atom. The van der Waals surface area contributed by atoms with E-state index < -0.39 is 0 Å². The summed E-state index contributed by atoms with van der Waals surface area (Å²) in [4.78, 5) is 0. The zero-order valence-electron chi connectivity index (χ0n) is 10.1. The molecule has 0 unspecified atom stereocenters. The van der Waals surface area contributed by atoms with Crippen molar-refractivity contribution in [1.29, 1.82) is 0 Å². The van der Waals surface area contributed by atoms with Gasteiger partial charge >= 0.3 is 0 Å². The van der Waals surface area contributed by atoms with Crippen LogP contribution in [0.1, 0.15) is 45.4 Å². The number of rotatable bonds is 5. The van der Waals surface area contributed by atoms with E-state index in [4.69, 9.17) is 17.0 Å². The van der Waals surface area contributed by atoms with Crippen molar-refractivity contribution < 1.29 is 4.74 Å². The van der Waals surface area contributed by atoms with Crippen LogP contribution >= 0.6 is 12.2 Å². The van der Waals surface area contributed by atoms with Gasteiger partial charge in [0.15, 0.2) is 4.77 Å². The molecular weight excluding hydrogens is 222 g/mol. The van der Waals surface area contributed by atoms with Crippen molar-refractivity contribution in [3.63, 3.8) is 0 Å². The fourth-order valence-corrected chi connectivity index (χ4v) is 2.16. The number of aromatic amines is 1. The smallest absolute Gasteiger partial charge is 0.195 e. The molecule has 0 atom stereocenters. The second-order valence-corrected chi connectivity index (χ2v) is 5.33. The van der Waals surface area contributed by atoms with E-state index in [2.05, 4.69) is 28.6 Å². The van der Waals surface area contributed by atoms with Crippen LogP contribution in [0.3, 0.4) is 0 Å². The topological polar surface area (TPSA) is 42.8 Å². The second-order valence-electron chi connectivity index (χ2n) is 4.94. The predicted octanol–water partition coefficient (Wildman–Crippen LogP) is 2.63. The van der Waals surface area contributed by atoms with Gasteiger partial charge in [-0.1, -0.05) is 0 Å². The first-order valence-corrected chi connectivity index (χ1v) is 6.23. The van der Waals surface area contributed by atoms with Gasteiger partial charge in [0.2, 0.25) is 0 Å². The van der Waals surface area contributed by atoms with Crippen LogP contribution in [-0.4, -0.2) is 27.0 Å². The Balaban J connectivity index is 2.19. The minimum atomic E-state index is -0.194. The van der Waals surface area contributed by atoms with Gasteiger partial charge in [-0.15, -0.1) is 0 Å². The van der Waals surface area contributed by atoms with E-state index in [0.29, 0.717) is 10.7 Å². The van der Waals surface area contributed by atoms with E-state index in [1.807, 2.05) is 6.92 Å². The number of nitrogens with one attached hydrogen (secondary N) is 1. The molecule has 1 aromatic rings. The summed E-state index contributed by atoms with van der Waals surface area (Å²) in [6.07, 6.45) is 2.46. The highest BCUT2D eigenvalue weighted by molar-refractivity contribution is 7.71. The molecule has 1 heterocycles. The van der Waals surface area contributed by atoms with Crippen LogP contribution in [0.15, 0.2) is 0 Å². The highest BCUT2D eigenvalue weighted by atomic mass is 32.1. The molecule has 4 nitrogen and oxygen atoms in total. The fraction of sp³-hybridized carbons (Fsp3) is 0.818. The molecular formula is C11H19N3OS. The highest BCUT2D eigenvalue weighted by Gasteiger charge is 2.31. The summed E-state index contributed by atoms with van der Waals surface area (Å²) in [5, 5.41) is 7.20. The molecule has 1 aromatic heterocycles. The van der Waals surface area contributed by atoms with Gasteiger partial charge < -0.3 is 9.30 Å². The van der Waals surface area contributed by atoms with E-state index in [9.17, 15) is 0 Å². The first-order valence-electron chi connectivity index (χ1n) is 5.82. The molecule has 0 spiro atoms. The molecule has 1 N–H and O–H groups in total. The average Bonchev–Trinajstić information content (AvgIpc) is 2.95. The SMILES string of the molecule is CCOC(C)(C)Cn1c(C2CC2)n[nH]c1=S. The summed E-state index contributed by atoms with van der Waals surface area (Å²) in [5.74, 6) is 1.70. The van der Waals surface area contributed by atoms with Crippen molar-refractivity contribution in [2.24, 2.45) is 0 Å². The Kier molecular flexibility index (Phi) is 3.17. The first kappa shape index (κ1) is 11.8. The number of H-pyrrole nitrogens is 1. The zero-order chi connectivity index (χ0) is 11.8. The summed E-state index contributed by atoms with van der Waals surface area (Å²) in [5.41, 5.74) is -0.194. The molecule has 0 aliphatic heterocycles. The number of nitrogens with zero attached hydrogens (tertiary/aromatic N) is 2. The molecule has 1 aliphatic carbocycles. The maximum atomic E-state index is 5.70. The molecule has 1 saturated carbocycles. The first-order chi connectivity index (χ1) is 7.53. The number of hydrogen-bond donors (Lipinski definition) is 1. The lowest BCUT2D eigenvalue weighted by Gasteiger charge is -2.25. The monoisotopic (exact) mass is 241 g/mol. The number of aromatic nitrogens is 3. The largest absolute Gasteiger partial charge is 0.374 e. The molecule has 1 aliphatic rings. The van der Waals surface area contributed by atoms with Crippen molar-refractivity contribution in [3.8, 4) is 0 Å². The Labute approximate surface area is 101 Å². The molecule has 2 rings (SSSR count). The average molecular weight is 241 g/mol. The molecule has 0 saturated heterocycles. The highest BCUT2D eigenvalue weighted by Crippen LogP contribution is 2.39. The van der Waals surface area contributed by atoms with Gasteiger partial charge in [-0.3, -0.25) is 5.10 Å². The van der Waals surface area contributed by atoms with E-state index >= 15 is 0 Å². The van der Waals surface area contributed by atoms with Crippen molar-refractivity contribution in [1.82, 2.24) is 14.8 Å². The van der Waals surface area contributed by atoms with E-state index in [1.54, 1.807) is 0 Å². The quantitative estimate of drug-likeness (QED) is 0.806. The van der Waals surface area contributed by atoms with E-state index in [1.165, 1.54) is 12.8 Å². The van der Waals surface area contributed by atoms with Crippen molar-refractivity contribution in [3.05, 3.63) is 10.6 Å². The third kappa shape index (κ3) is 2.52. The molecule has 0 amide bonds. The summed E-state index contributed by atoms with van der Waals surface area (Å²) in [6, 6.07) is 0. The third-order valence-corrected chi connectivity index (χ3v) is 3.12. The van der Waals surface area contributed by atoms with Gasteiger partial charge in [-0.05, 0) is 45.8 Å². The summed E-state index contributed by atoms with van der Waals surface area (Å²) >= 11 is 5.26. The molecule has 0 aromatic carbocycles. The maximum Gasteiger partial charge on any atom is 0.195 e. The summed E-state index contributed by atoms with van der Waals surface area (Å²) in [6.45, 7) is 7.67.